The van der Waals surface area contributed by atoms with Gasteiger partial charge in [-0.25, -0.2) is 0 Å². The molecule has 1 aliphatic heterocycles. The lowest BCUT2D eigenvalue weighted by Crippen LogP contribution is -2.38. The van der Waals surface area contributed by atoms with Gasteiger partial charge < -0.3 is 9.64 Å². The number of methoxy groups -OCH3 is 1. The van der Waals surface area contributed by atoms with E-state index < -0.39 is 0 Å². The number of rotatable bonds is 4. The standard InChI is InChI=1S/C13H17NO2/c1-16-10-4-8-14-9-7-11-5-2-3-6-12(11)13(14)15/h2-3,5-6H,4,7-10H2,1H3. The fraction of sp³-hybridized carbons (Fsp3) is 0.462. The second kappa shape index (κ2) is 5.12. The van der Waals surface area contributed by atoms with Gasteiger partial charge in [0.05, 0.1) is 0 Å². The zero-order chi connectivity index (χ0) is 11.4. The topological polar surface area (TPSA) is 29.5 Å². The Bertz CT molecular complexity index is 376. The van der Waals surface area contributed by atoms with Crippen LogP contribution in [-0.2, 0) is 11.2 Å². The van der Waals surface area contributed by atoms with Crippen molar-refractivity contribution in [2.45, 2.75) is 12.8 Å². The molecule has 86 valence electrons. The molecule has 0 saturated carbocycles. The van der Waals surface area contributed by atoms with Crippen LogP contribution in [0.2, 0.25) is 0 Å². The summed E-state index contributed by atoms with van der Waals surface area (Å²) in [5, 5.41) is 0. The summed E-state index contributed by atoms with van der Waals surface area (Å²) in [5.74, 6) is 0.165. The first kappa shape index (κ1) is 11.1. The van der Waals surface area contributed by atoms with Crippen molar-refractivity contribution in [3.8, 4) is 0 Å². The molecule has 0 unspecified atom stereocenters. The van der Waals surface area contributed by atoms with Gasteiger partial charge in [0.1, 0.15) is 0 Å². The molecular formula is C13H17NO2. The van der Waals surface area contributed by atoms with E-state index in [0.717, 1.165) is 31.5 Å². The SMILES string of the molecule is COCCCN1CCc2ccccc2C1=O. The third-order valence-corrected chi connectivity index (χ3v) is 2.96. The van der Waals surface area contributed by atoms with E-state index in [2.05, 4.69) is 0 Å². The Kier molecular flexibility index (Phi) is 3.57. The van der Waals surface area contributed by atoms with Crippen LogP contribution >= 0.6 is 0 Å². The highest BCUT2D eigenvalue weighted by atomic mass is 16.5. The number of hydrogen-bond donors (Lipinski definition) is 0. The molecule has 0 aromatic heterocycles. The van der Waals surface area contributed by atoms with Crippen molar-refractivity contribution in [1.82, 2.24) is 4.90 Å². The molecule has 16 heavy (non-hydrogen) atoms. The Morgan fingerprint density at radius 2 is 2.19 bits per heavy atom. The van der Waals surface area contributed by atoms with E-state index >= 15 is 0 Å². The molecule has 3 heteroatoms. The first-order chi connectivity index (χ1) is 7.83. The molecule has 0 bridgehead atoms. The van der Waals surface area contributed by atoms with Crippen LogP contribution in [-0.4, -0.2) is 37.6 Å². The lowest BCUT2D eigenvalue weighted by Gasteiger charge is -2.28. The highest BCUT2D eigenvalue weighted by Gasteiger charge is 2.22. The molecule has 0 saturated heterocycles. The van der Waals surface area contributed by atoms with Gasteiger partial charge >= 0.3 is 0 Å². The van der Waals surface area contributed by atoms with Gasteiger partial charge in [0.15, 0.2) is 0 Å². The number of carbonyl (C=O) groups is 1. The summed E-state index contributed by atoms with van der Waals surface area (Å²) < 4.78 is 5.00. The number of carbonyl (C=O) groups excluding carboxylic acids is 1. The summed E-state index contributed by atoms with van der Waals surface area (Å²) in [6.45, 7) is 2.34. The van der Waals surface area contributed by atoms with Crippen LogP contribution in [0.4, 0.5) is 0 Å². The molecule has 0 aliphatic carbocycles. The molecule has 1 aromatic rings. The van der Waals surface area contributed by atoms with Crippen molar-refractivity contribution in [3.05, 3.63) is 35.4 Å². The van der Waals surface area contributed by atoms with Gasteiger partial charge in [-0.2, -0.15) is 0 Å². The van der Waals surface area contributed by atoms with Crippen LogP contribution in [0, 0.1) is 0 Å². The van der Waals surface area contributed by atoms with Crippen molar-refractivity contribution in [2.24, 2.45) is 0 Å². The van der Waals surface area contributed by atoms with E-state index in [1.165, 1.54) is 5.56 Å². The average molecular weight is 219 g/mol. The minimum atomic E-state index is 0.165. The van der Waals surface area contributed by atoms with Crippen molar-refractivity contribution in [2.75, 3.05) is 26.8 Å². The first-order valence-electron chi connectivity index (χ1n) is 5.69. The Hall–Kier alpha value is -1.35. The maximum absolute atomic E-state index is 12.1. The number of ether oxygens (including phenoxy) is 1. The molecule has 1 heterocycles. The Balaban J connectivity index is 2.03. The smallest absolute Gasteiger partial charge is 0.254 e. The molecule has 0 atom stereocenters. The summed E-state index contributed by atoms with van der Waals surface area (Å²) in [4.78, 5) is 14.0. The molecule has 1 aliphatic rings. The quantitative estimate of drug-likeness (QED) is 0.722. The fourth-order valence-corrected chi connectivity index (χ4v) is 2.09. The van der Waals surface area contributed by atoms with Gasteiger partial charge in [-0.15, -0.1) is 0 Å². The highest BCUT2D eigenvalue weighted by Crippen LogP contribution is 2.18. The predicted octanol–water partition coefficient (Wildman–Crippen LogP) is 1.72. The first-order valence-corrected chi connectivity index (χ1v) is 5.69. The number of fused-ring (bicyclic) bond motifs is 1. The highest BCUT2D eigenvalue weighted by molar-refractivity contribution is 5.96. The minimum absolute atomic E-state index is 0.165. The molecule has 2 rings (SSSR count). The van der Waals surface area contributed by atoms with E-state index in [1.807, 2.05) is 29.2 Å². The predicted molar refractivity (Wildman–Crippen MR) is 62.5 cm³/mol. The molecule has 0 fully saturated rings. The zero-order valence-electron chi connectivity index (χ0n) is 9.61. The zero-order valence-corrected chi connectivity index (χ0v) is 9.61. The maximum Gasteiger partial charge on any atom is 0.254 e. The molecule has 1 aromatic carbocycles. The van der Waals surface area contributed by atoms with Gasteiger partial charge in [0, 0.05) is 32.4 Å². The van der Waals surface area contributed by atoms with Crippen molar-refractivity contribution >= 4 is 5.91 Å². The summed E-state index contributed by atoms with van der Waals surface area (Å²) in [7, 11) is 1.69. The number of hydrogen-bond acceptors (Lipinski definition) is 2. The van der Waals surface area contributed by atoms with Crippen molar-refractivity contribution < 1.29 is 9.53 Å². The molecule has 0 spiro atoms. The third-order valence-electron chi connectivity index (χ3n) is 2.96. The van der Waals surface area contributed by atoms with Gasteiger partial charge in [0.2, 0.25) is 0 Å². The second-order valence-electron chi connectivity index (χ2n) is 4.05. The lowest BCUT2D eigenvalue weighted by molar-refractivity contribution is 0.0721. The normalized spacial score (nSPS) is 15.1. The molecule has 1 amide bonds. The van der Waals surface area contributed by atoms with Gasteiger partial charge in [0.25, 0.3) is 5.91 Å². The van der Waals surface area contributed by atoms with Gasteiger partial charge in [-0.05, 0) is 24.5 Å². The fourth-order valence-electron chi connectivity index (χ4n) is 2.09. The summed E-state index contributed by atoms with van der Waals surface area (Å²) in [6, 6.07) is 7.88. The van der Waals surface area contributed by atoms with Crippen LogP contribution in [0.5, 0.6) is 0 Å². The van der Waals surface area contributed by atoms with E-state index in [4.69, 9.17) is 4.74 Å². The van der Waals surface area contributed by atoms with Crippen LogP contribution in [0.15, 0.2) is 24.3 Å². The van der Waals surface area contributed by atoms with E-state index in [9.17, 15) is 4.79 Å². The van der Waals surface area contributed by atoms with Crippen molar-refractivity contribution in [3.63, 3.8) is 0 Å². The maximum atomic E-state index is 12.1. The van der Waals surface area contributed by atoms with Gasteiger partial charge in [-0.3, -0.25) is 4.79 Å². The summed E-state index contributed by atoms with van der Waals surface area (Å²) in [6.07, 6.45) is 1.87. The van der Waals surface area contributed by atoms with Crippen LogP contribution < -0.4 is 0 Å². The Labute approximate surface area is 96.0 Å². The van der Waals surface area contributed by atoms with E-state index in [1.54, 1.807) is 7.11 Å². The van der Waals surface area contributed by atoms with Crippen molar-refractivity contribution in [1.29, 1.82) is 0 Å². The monoisotopic (exact) mass is 219 g/mol. The summed E-state index contributed by atoms with van der Waals surface area (Å²) >= 11 is 0. The number of amides is 1. The third kappa shape index (κ3) is 2.25. The molecular weight excluding hydrogens is 202 g/mol. The van der Waals surface area contributed by atoms with E-state index in [0.29, 0.717) is 6.61 Å². The summed E-state index contributed by atoms with van der Waals surface area (Å²) in [5.41, 5.74) is 2.04. The Morgan fingerprint density at radius 3 is 3.00 bits per heavy atom. The lowest BCUT2D eigenvalue weighted by atomic mass is 9.99. The van der Waals surface area contributed by atoms with Gasteiger partial charge in [-0.1, -0.05) is 18.2 Å². The van der Waals surface area contributed by atoms with Crippen LogP contribution in [0.1, 0.15) is 22.3 Å². The largest absolute Gasteiger partial charge is 0.385 e. The molecule has 3 nitrogen and oxygen atoms in total. The minimum Gasteiger partial charge on any atom is -0.385 e. The number of nitrogens with zero attached hydrogens (tertiary/aromatic N) is 1. The number of benzene rings is 1. The second-order valence-corrected chi connectivity index (χ2v) is 4.05. The van der Waals surface area contributed by atoms with E-state index in [-0.39, 0.29) is 5.91 Å². The Morgan fingerprint density at radius 1 is 1.38 bits per heavy atom. The molecule has 0 radical (unpaired) electrons. The molecule has 0 N–H and O–H groups in total. The average Bonchev–Trinajstić information content (AvgIpc) is 2.33. The van der Waals surface area contributed by atoms with Crippen LogP contribution in [0.3, 0.4) is 0 Å². The van der Waals surface area contributed by atoms with Crippen LogP contribution in [0.25, 0.3) is 0 Å².